The van der Waals surface area contributed by atoms with Crippen molar-refractivity contribution in [2.45, 2.75) is 13.0 Å². The van der Waals surface area contributed by atoms with Gasteiger partial charge in [0.05, 0.1) is 6.33 Å². The monoisotopic (exact) mass is 258 g/mol. The summed E-state index contributed by atoms with van der Waals surface area (Å²) in [6.07, 6.45) is 4.82. The molecule has 2 N–H and O–H groups in total. The van der Waals surface area contributed by atoms with Crippen molar-refractivity contribution < 1.29 is 9.59 Å². The number of hydrazine groups is 1. The van der Waals surface area contributed by atoms with E-state index in [1.54, 1.807) is 54.5 Å². The van der Waals surface area contributed by atoms with Crippen LogP contribution in [-0.4, -0.2) is 21.4 Å². The van der Waals surface area contributed by atoms with Gasteiger partial charge in [0.15, 0.2) is 0 Å². The topological polar surface area (TPSA) is 76.0 Å². The molecule has 1 unspecified atom stereocenters. The average molecular weight is 258 g/mol. The number of nitrogens with zero attached hydrogens (tertiary/aromatic N) is 2. The third-order valence-corrected chi connectivity index (χ3v) is 2.69. The van der Waals surface area contributed by atoms with Gasteiger partial charge in [-0.2, -0.15) is 0 Å². The van der Waals surface area contributed by atoms with Gasteiger partial charge in [-0.1, -0.05) is 18.2 Å². The highest BCUT2D eigenvalue weighted by Crippen LogP contribution is 2.03. The summed E-state index contributed by atoms with van der Waals surface area (Å²) < 4.78 is 1.64. The molecule has 0 bridgehead atoms. The first-order valence-corrected chi connectivity index (χ1v) is 5.81. The van der Waals surface area contributed by atoms with Crippen LogP contribution in [0, 0.1) is 0 Å². The van der Waals surface area contributed by atoms with Gasteiger partial charge in [0.2, 0.25) is 0 Å². The van der Waals surface area contributed by atoms with Gasteiger partial charge < -0.3 is 4.57 Å². The SMILES string of the molecule is CC(C(=O)NNC(=O)c1ccccc1)n1ccnc1. The summed E-state index contributed by atoms with van der Waals surface area (Å²) in [4.78, 5) is 27.4. The quantitative estimate of drug-likeness (QED) is 0.803. The lowest BCUT2D eigenvalue weighted by Crippen LogP contribution is -2.44. The van der Waals surface area contributed by atoms with E-state index < -0.39 is 6.04 Å². The zero-order chi connectivity index (χ0) is 13.7. The zero-order valence-electron chi connectivity index (χ0n) is 10.4. The fourth-order valence-electron chi connectivity index (χ4n) is 1.52. The summed E-state index contributed by atoms with van der Waals surface area (Å²) in [5, 5.41) is 0. The molecule has 2 rings (SSSR count). The summed E-state index contributed by atoms with van der Waals surface area (Å²) >= 11 is 0. The van der Waals surface area contributed by atoms with Crippen molar-refractivity contribution in [3.63, 3.8) is 0 Å². The van der Waals surface area contributed by atoms with Crippen LogP contribution in [0.4, 0.5) is 0 Å². The maximum Gasteiger partial charge on any atom is 0.269 e. The van der Waals surface area contributed by atoms with Crippen LogP contribution in [0.2, 0.25) is 0 Å². The summed E-state index contributed by atoms with van der Waals surface area (Å²) in [6.45, 7) is 1.71. The smallest absolute Gasteiger partial charge is 0.269 e. The molecule has 6 heteroatoms. The van der Waals surface area contributed by atoms with Gasteiger partial charge in [-0.05, 0) is 19.1 Å². The van der Waals surface area contributed by atoms with Crippen LogP contribution in [0.15, 0.2) is 49.1 Å². The van der Waals surface area contributed by atoms with E-state index in [0.29, 0.717) is 5.56 Å². The minimum absolute atomic E-state index is 0.317. The summed E-state index contributed by atoms with van der Waals surface area (Å²) in [6, 6.07) is 8.21. The Balaban J connectivity index is 1.89. The van der Waals surface area contributed by atoms with Crippen LogP contribution < -0.4 is 10.9 Å². The average Bonchev–Trinajstić information content (AvgIpc) is 2.98. The largest absolute Gasteiger partial charge is 0.325 e. The van der Waals surface area contributed by atoms with E-state index in [4.69, 9.17) is 0 Å². The molecular formula is C13H14N4O2. The number of rotatable bonds is 3. The van der Waals surface area contributed by atoms with Crippen LogP contribution in [0.5, 0.6) is 0 Å². The number of hydrogen-bond acceptors (Lipinski definition) is 3. The van der Waals surface area contributed by atoms with E-state index in [2.05, 4.69) is 15.8 Å². The molecule has 19 heavy (non-hydrogen) atoms. The molecule has 0 saturated carbocycles. The van der Waals surface area contributed by atoms with E-state index in [1.807, 2.05) is 6.07 Å². The lowest BCUT2D eigenvalue weighted by Gasteiger charge is -2.13. The van der Waals surface area contributed by atoms with Crippen molar-refractivity contribution >= 4 is 11.8 Å². The Morgan fingerprint density at radius 2 is 1.95 bits per heavy atom. The third kappa shape index (κ3) is 3.19. The van der Waals surface area contributed by atoms with Crippen LogP contribution in [-0.2, 0) is 4.79 Å². The molecule has 0 radical (unpaired) electrons. The van der Waals surface area contributed by atoms with Crippen LogP contribution in [0.25, 0.3) is 0 Å². The standard InChI is InChI=1S/C13H14N4O2/c1-10(17-8-7-14-9-17)12(18)15-16-13(19)11-5-3-2-4-6-11/h2-10H,1H3,(H,15,18)(H,16,19). The molecule has 1 aromatic carbocycles. The van der Waals surface area contributed by atoms with Crippen molar-refractivity contribution in [3.8, 4) is 0 Å². The molecule has 98 valence electrons. The number of carbonyl (C=O) groups excluding carboxylic acids is 2. The molecule has 0 spiro atoms. The molecule has 6 nitrogen and oxygen atoms in total. The van der Waals surface area contributed by atoms with E-state index >= 15 is 0 Å². The van der Waals surface area contributed by atoms with Gasteiger partial charge >= 0.3 is 0 Å². The summed E-state index contributed by atoms with van der Waals surface area (Å²) in [7, 11) is 0. The van der Waals surface area contributed by atoms with E-state index in [0.717, 1.165) is 0 Å². The first-order chi connectivity index (χ1) is 9.18. The van der Waals surface area contributed by atoms with Crippen molar-refractivity contribution in [3.05, 3.63) is 54.6 Å². The highest BCUT2D eigenvalue weighted by Gasteiger charge is 2.14. The van der Waals surface area contributed by atoms with Crippen LogP contribution in [0.3, 0.4) is 0 Å². The number of amides is 2. The number of carbonyl (C=O) groups is 2. The van der Waals surface area contributed by atoms with Crippen LogP contribution in [0.1, 0.15) is 23.3 Å². The summed E-state index contributed by atoms with van der Waals surface area (Å²) in [5.41, 5.74) is 5.24. The summed E-state index contributed by atoms with van der Waals surface area (Å²) in [5.74, 6) is -0.672. The minimum Gasteiger partial charge on any atom is -0.325 e. The predicted molar refractivity (Wildman–Crippen MR) is 69.0 cm³/mol. The second-order valence-corrected chi connectivity index (χ2v) is 4.00. The number of benzene rings is 1. The van der Waals surface area contributed by atoms with Crippen molar-refractivity contribution in [2.75, 3.05) is 0 Å². The van der Waals surface area contributed by atoms with Gasteiger partial charge in [-0.25, -0.2) is 4.98 Å². The lowest BCUT2D eigenvalue weighted by molar-refractivity contribution is -0.124. The Hall–Kier alpha value is -2.63. The second kappa shape index (κ2) is 5.81. The maximum atomic E-state index is 11.8. The molecular weight excluding hydrogens is 244 g/mol. The molecule has 0 saturated heterocycles. The van der Waals surface area contributed by atoms with E-state index in [9.17, 15) is 9.59 Å². The van der Waals surface area contributed by atoms with E-state index in [1.165, 1.54) is 0 Å². The molecule has 2 amide bonds. The lowest BCUT2D eigenvalue weighted by atomic mass is 10.2. The molecule has 1 atom stereocenters. The number of aromatic nitrogens is 2. The number of imidazole rings is 1. The number of nitrogens with one attached hydrogen (secondary N) is 2. The number of hydrogen-bond donors (Lipinski definition) is 2. The minimum atomic E-state index is -0.446. The van der Waals surface area contributed by atoms with Gasteiger partial charge in [0.25, 0.3) is 11.8 Å². The highest BCUT2D eigenvalue weighted by molar-refractivity contribution is 5.95. The molecule has 0 aliphatic heterocycles. The maximum absolute atomic E-state index is 11.8. The van der Waals surface area contributed by atoms with Gasteiger partial charge in [-0.3, -0.25) is 20.4 Å². The van der Waals surface area contributed by atoms with Crippen molar-refractivity contribution in [2.24, 2.45) is 0 Å². The molecule has 1 heterocycles. The molecule has 2 aromatic rings. The Bertz CT molecular complexity index is 551. The Morgan fingerprint density at radius 1 is 1.21 bits per heavy atom. The normalized spacial score (nSPS) is 11.6. The van der Waals surface area contributed by atoms with Crippen LogP contribution >= 0.6 is 0 Å². The first-order valence-electron chi connectivity index (χ1n) is 5.81. The highest BCUT2D eigenvalue weighted by atomic mass is 16.2. The molecule has 0 fully saturated rings. The Morgan fingerprint density at radius 3 is 2.58 bits per heavy atom. The Labute approximate surface area is 110 Å². The zero-order valence-corrected chi connectivity index (χ0v) is 10.4. The third-order valence-electron chi connectivity index (χ3n) is 2.69. The molecule has 0 aliphatic rings. The van der Waals surface area contributed by atoms with Crippen molar-refractivity contribution in [1.29, 1.82) is 0 Å². The fraction of sp³-hybridized carbons (Fsp3) is 0.154. The first kappa shape index (κ1) is 12.8. The van der Waals surface area contributed by atoms with Gasteiger partial charge in [0.1, 0.15) is 6.04 Å². The van der Waals surface area contributed by atoms with Gasteiger partial charge in [-0.15, -0.1) is 0 Å². The molecule has 0 aliphatic carbocycles. The van der Waals surface area contributed by atoms with Crippen molar-refractivity contribution in [1.82, 2.24) is 20.4 Å². The molecule has 1 aromatic heterocycles. The Kier molecular flexibility index (Phi) is 3.92. The second-order valence-electron chi connectivity index (χ2n) is 4.00. The van der Waals surface area contributed by atoms with E-state index in [-0.39, 0.29) is 11.8 Å². The van der Waals surface area contributed by atoms with Gasteiger partial charge in [0, 0.05) is 18.0 Å². The fourth-order valence-corrected chi connectivity index (χ4v) is 1.52. The predicted octanol–water partition coefficient (Wildman–Crippen LogP) is 0.905.